The van der Waals surface area contributed by atoms with E-state index in [4.69, 9.17) is 16.0 Å². The molecule has 0 aliphatic rings. The monoisotopic (exact) mass is 398 g/mol. The van der Waals surface area contributed by atoms with Crippen molar-refractivity contribution in [3.8, 4) is 5.75 Å². The van der Waals surface area contributed by atoms with E-state index in [1.54, 1.807) is 18.2 Å². The Morgan fingerprint density at radius 3 is 2.45 bits per heavy atom. The molecule has 0 unspecified atom stereocenters. The molecule has 0 saturated carbocycles. The van der Waals surface area contributed by atoms with Gasteiger partial charge in [-0.3, -0.25) is 9.59 Å². The highest BCUT2D eigenvalue weighted by molar-refractivity contribution is 6.45. The third kappa shape index (κ3) is 3.99. The number of methoxy groups -OCH3 is 1. The van der Waals surface area contributed by atoms with Gasteiger partial charge in [0.05, 0.1) is 26.3 Å². The van der Waals surface area contributed by atoms with Gasteiger partial charge in [-0.25, -0.2) is 4.79 Å². The third-order valence-electron chi connectivity index (χ3n) is 4.23. The summed E-state index contributed by atoms with van der Waals surface area (Å²) in [6, 6.07) is 12.4. The van der Waals surface area contributed by atoms with Crippen molar-refractivity contribution in [2.24, 2.45) is 5.73 Å². The zero-order valence-corrected chi connectivity index (χ0v) is 15.9. The fourth-order valence-electron chi connectivity index (χ4n) is 2.96. The molecule has 1 heterocycles. The Bertz CT molecular complexity index is 1230. The first-order valence-corrected chi connectivity index (χ1v) is 8.69. The van der Waals surface area contributed by atoms with Gasteiger partial charge in [0.2, 0.25) is 0 Å². The van der Waals surface area contributed by atoms with Crippen LogP contribution in [-0.4, -0.2) is 35.9 Å². The number of aromatic nitrogens is 1. The van der Waals surface area contributed by atoms with Gasteiger partial charge >= 0.3 is 5.97 Å². The SMILES string of the molecule is [2H]C([2H])(C)c1c(C(=O)C(N)=O)c2c(OCC(=O)OC)cccc2n1C([2H])([2H])c1ccccc1. The molecule has 2 aromatic carbocycles. The minimum Gasteiger partial charge on any atom is -0.481 e. The van der Waals surface area contributed by atoms with E-state index in [0.29, 0.717) is 0 Å². The number of benzene rings is 2. The molecule has 7 heteroatoms. The summed E-state index contributed by atoms with van der Waals surface area (Å²) in [6.07, 6.45) is -2.28. The molecular formula is C22H22N2O5. The summed E-state index contributed by atoms with van der Waals surface area (Å²) in [7, 11) is 1.17. The Balaban J connectivity index is 2.47. The Hall–Kier alpha value is -3.61. The van der Waals surface area contributed by atoms with Crippen LogP contribution < -0.4 is 10.5 Å². The van der Waals surface area contributed by atoms with Crippen LogP contribution in [0.25, 0.3) is 10.9 Å². The second kappa shape index (κ2) is 8.60. The van der Waals surface area contributed by atoms with Crippen LogP contribution >= 0.6 is 0 Å². The van der Waals surface area contributed by atoms with Crippen molar-refractivity contribution < 1.29 is 29.3 Å². The molecule has 29 heavy (non-hydrogen) atoms. The maximum absolute atomic E-state index is 12.9. The summed E-state index contributed by atoms with van der Waals surface area (Å²) in [4.78, 5) is 36.4. The molecule has 0 saturated heterocycles. The lowest BCUT2D eigenvalue weighted by Crippen LogP contribution is -2.24. The second-order valence-corrected chi connectivity index (χ2v) is 6.00. The van der Waals surface area contributed by atoms with Crippen LogP contribution in [0, 0.1) is 0 Å². The number of carbonyl (C=O) groups excluding carboxylic acids is 3. The van der Waals surface area contributed by atoms with Gasteiger partial charge < -0.3 is 19.8 Å². The minimum atomic E-state index is -2.34. The van der Waals surface area contributed by atoms with Crippen LogP contribution in [0.3, 0.4) is 0 Å². The highest BCUT2D eigenvalue weighted by atomic mass is 16.6. The normalized spacial score (nSPS) is 13.7. The lowest BCUT2D eigenvalue weighted by Gasteiger charge is -2.11. The molecule has 7 nitrogen and oxygen atoms in total. The molecule has 3 aromatic rings. The topological polar surface area (TPSA) is 101 Å². The van der Waals surface area contributed by atoms with Gasteiger partial charge in [0.25, 0.3) is 11.7 Å². The Morgan fingerprint density at radius 1 is 1.10 bits per heavy atom. The molecule has 150 valence electrons. The van der Waals surface area contributed by atoms with E-state index in [2.05, 4.69) is 4.74 Å². The summed E-state index contributed by atoms with van der Waals surface area (Å²) < 4.78 is 45.6. The van der Waals surface area contributed by atoms with E-state index in [9.17, 15) is 14.4 Å². The smallest absolute Gasteiger partial charge is 0.343 e. The number of ketones is 1. The molecule has 0 aliphatic heterocycles. The van der Waals surface area contributed by atoms with Crippen molar-refractivity contribution in [1.82, 2.24) is 4.57 Å². The van der Waals surface area contributed by atoms with Gasteiger partial charge in [-0.05, 0) is 24.1 Å². The van der Waals surface area contributed by atoms with Crippen molar-refractivity contribution in [2.45, 2.75) is 19.8 Å². The van der Waals surface area contributed by atoms with E-state index in [1.807, 2.05) is 0 Å². The van der Waals surface area contributed by atoms with Crippen LogP contribution in [0.5, 0.6) is 5.75 Å². The van der Waals surface area contributed by atoms with E-state index in [-0.39, 0.29) is 27.9 Å². The number of fused-ring (bicyclic) bond motifs is 1. The number of esters is 1. The van der Waals surface area contributed by atoms with E-state index < -0.39 is 42.7 Å². The fourth-order valence-corrected chi connectivity index (χ4v) is 2.96. The molecule has 0 radical (unpaired) electrons. The van der Waals surface area contributed by atoms with Gasteiger partial charge in [-0.2, -0.15) is 0 Å². The maximum Gasteiger partial charge on any atom is 0.343 e. The van der Waals surface area contributed by atoms with Crippen molar-refractivity contribution in [1.29, 1.82) is 0 Å². The minimum absolute atomic E-state index is 0.0318. The first-order chi connectivity index (χ1) is 15.4. The Kier molecular flexibility index (Phi) is 4.55. The summed E-state index contributed by atoms with van der Waals surface area (Å²) in [5.41, 5.74) is 4.72. The predicted octanol–water partition coefficient (Wildman–Crippen LogP) is 2.47. The van der Waals surface area contributed by atoms with Gasteiger partial charge in [-0.15, -0.1) is 0 Å². The number of nitrogens with two attached hydrogens (primary N) is 1. The number of ether oxygens (including phenoxy) is 2. The summed E-state index contributed by atoms with van der Waals surface area (Å²) in [6.45, 7) is -1.72. The molecule has 0 bridgehead atoms. The second-order valence-electron chi connectivity index (χ2n) is 6.00. The number of nitrogens with zero attached hydrogens (tertiary/aromatic N) is 1. The number of rotatable bonds is 8. The van der Waals surface area contributed by atoms with Gasteiger partial charge in [0.15, 0.2) is 6.61 Å². The fraction of sp³-hybridized carbons (Fsp3) is 0.227. The molecular weight excluding hydrogens is 372 g/mol. The highest BCUT2D eigenvalue weighted by Crippen LogP contribution is 2.35. The average molecular weight is 398 g/mol. The van der Waals surface area contributed by atoms with Crippen molar-refractivity contribution >= 4 is 28.6 Å². The molecule has 0 fully saturated rings. The number of amides is 1. The molecule has 0 aliphatic carbocycles. The molecule has 2 N–H and O–H groups in total. The molecule has 0 atom stereocenters. The maximum atomic E-state index is 12.9. The van der Waals surface area contributed by atoms with E-state index in [1.165, 1.54) is 37.4 Å². The largest absolute Gasteiger partial charge is 0.481 e. The number of carbonyl (C=O) groups is 3. The lowest BCUT2D eigenvalue weighted by molar-refractivity contribution is -0.142. The summed E-state index contributed by atoms with van der Waals surface area (Å²) in [5, 5.41) is -0.0364. The molecule has 3 rings (SSSR count). The number of hydrogen-bond donors (Lipinski definition) is 1. The van der Waals surface area contributed by atoms with Gasteiger partial charge in [0, 0.05) is 14.9 Å². The summed E-state index contributed by atoms with van der Waals surface area (Å²) >= 11 is 0. The zero-order valence-electron chi connectivity index (χ0n) is 19.9. The average Bonchev–Trinajstić information content (AvgIpc) is 3.14. The van der Waals surface area contributed by atoms with Crippen LogP contribution in [0.15, 0.2) is 48.5 Å². The summed E-state index contributed by atoms with van der Waals surface area (Å²) in [5.74, 6) is -3.30. The third-order valence-corrected chi connectivity index (χ3v) is 4.23. The van der Waals surface area contributed by atoms with Crippen molar-refractivity contribution in [3.05, 3.63) is 65.4 Å². The first-order valence-electron chi connectivity index (χ1n) is 10.7. The van der Waals surface area contributed by atoms with Crippen LogP contribution in [0.1, 0.15) is 34.0 Å². The Morgan fingerprint density at radius 2 is 1.83 bits per heavy atom. The number of hydrogen-bond acceptors (Lipinski definition) is 5. The zero-order chi connectivity index (χ0) is 24.6. The predicted molar refractivity (Wildman–Crippen MR) is 108 cm³/mol. The van der Waals surface area contributed by atoms with Crippen molar-refractivity contribution in [2.75, 3.05) is 13.7 Å². The number of primary amides is 1. The van der Waals surface area contributed by atoms with Crippen LogP contribution in [0.4, 0.5) is 0 Å². The standard InChI is InChI=1S/C22H22N2O5/c1-3-15-20(21(26)22(23)27)19-16(24(15)12-14-8-5-4-6-9-14)10-7-11-17(19)29-13-18(25)28-2/h4-11H,3,12-13H2,1-2H3,(H2,23,27)/i3D2,12D2. The number of Topliss-reactive ketones (excluding diaryl/α,β-unsaturated/α-hetero) is 1. The van der Waals surface area contributed by atoms with Crippen LogP contribution in [-0.2, 0) is 27.2 Å². The molecule has 1 aromatic heterocycles. The van der Waals surface area contributed by atoms with E-state index >= 15 is 0 Å². The Labute approximate surface area is 173 Å². The molecule has 1 amide bonds. The van der Waals surface area contributed by atoms with Gasteiger partial charge in [0.1, 0.15) is 5.75 Å². The first kappa shape index (κ1) is 15.3. The van der Waals surface area contributed by atoms with Crippen LogP contribution in [0.2, 0.25) is 0 Å². The molecule has 0 spiro atoms. The van der Waals surface area contributed by atoms with Gasteiger partial charge in [-0.1, -0.05) is 43.3 Å². The van der Waals surface area contributed by atoms with E-state index in [0.717, 1.165) is 11.5 Å². The highest BCUT2D eigenvalue weighted by Gasteiger charge is 2.27. The quantitative estimate of drug-likeness (QED) is 0.357. The lowest BCUT2D eigenvalue weighted by atomic mass is 10.0. The van der Waals surface area contributed by atoms with Crippen molar-refractivity contribution in [3.63, 3.8) is 0 Å².